The van der Waals surface area contributed by atoms with Gasteiger partial charge >= 0.3 is 18.1 Å². The first-order chi connectivity index (χ1) is 11.3. The van der Waals surface area contributed by atoms with Gasteiger partial charge in [-0.05, 0) is 12.8 Å². The second-order valence-corrected chi connectivity index (χ2v) is 5.43. The van der Waals surface area contributed by atoms with Gasteiger partial charge in [-0.2, -0.15) is 0 Å². The minimum Gasteiger partial charge on any atom is -0.454 e. The molecular weight excluding hydrogens is 322 g/mol. The van der Waals surface area contributed by atoms with E-state index in [-0.39, 0.29) is 13.2 Å². The van der Waals surface area contributed by atoms with E-state index in [1.807, 2.05) is 0 Å². The van der Waals surface area contributed by atoms with Crippen LogP contribution in [0, 0.1) is 0 Å². The Balaban J connectivity index is 1.88. The van der Waals surface area contributed by atoms with Gasteiger partial charge in [0.15, 0.2) is 6.61 Å². The molecule has 0 saturated carbocycles. The number of urea groups is 1. The number of hydrogen-bond donors (Lipinski definition) is 1. The highest BCUT2D eigenvalue weighted by atomic mass is 16.6. The standard InChI is InChI=1S/C14H19N3O7/c1-3-14(4-2)11(20)17(12(21)15-14)7-10(19)24-8-9(18)16-5-6-23-13(16)22/h3-8H2,1-2H3,(H,15,21). The highest BCUT2D eigenvalue weighted by Gasteiger charge is 2.49. The molecule has 0 aliphatic carbocycles. The summed E-state index contributed by atoms with van der Waals surface area (Å²) in [5, 5.41) is 2.58. The number of nitrogens with one attached hydrogen (secondary N) is 1. The zero-order valence-corrected chi connectivity index (χ0v) is 13.5. The minimum absolute atomic E-state index is 0.0943. The smallest absolute Gasteiger partial charge is 0.416 e. The second kappa shape index (κ2) is 6.85. The number of amides is 5. The van der Waals surface area contributed by atoms with Crippen LogP contribution in [0.4, 0.5) is 9.59 Å². The molecule has 0 bridgehead atoms. The van der Waals surface area contributed by atoms with E-state index in [2.05, 4.69) is 10.1 Å². The Hall–Kier alpha value is -2.65. The Morgan fingerprint density at radius 2 is 1.92 bits per heavy atom. The highest BCUT2D eigenvalue weighted by molar-refractivity contribution is 6.08. The Morgan fingerprint density at radius 1 is 1.25 bits per heavy atom. The first-order valence-electron chi connectivity index (χ1n) is 7.61. The molecule has 5 amide bonds. The summed E-state index contributed by atoms with van der Waals surface area (Å²) in [6.07, 6.45) is 0.00508. The monoisotopic (exact) mass is 341 g/mol. The summed E-state index contributed by atoms with van der Waals surface area (Å²) < 4.78 is 9.34. The molecule has 0 spiro atoms. The minimum atomic E-state index is -1.01. The van der Waals surface area contributed by atoms with Gasteiger partial charge in [-0.25, -0.2) is 14.5 Å². The number of ether oxygens (including phenoxy) is 2. The molecule has 0 aromatic rings. The number of carbonyl (C=O) groups excluding carboxylic acids is 5. The van der Waals surface area contributed by atoms with E-state index in [0.717, 1.165) is 9.80 Å². The van der Waals surface area contributed by atoms with Gasteiger partial charge in [-0.15, -0.1) is 0 Å². The SMILES string of the molecule is CCC1(CC)NC(=O)N(CC(=O)OCC(=O)N2CCOC2=O)C1=O. The molecule has 2 rings (SSSR count). The Morgan fingerprint density at radius 3 is 2.42 bits per heavy atom. The molecule has 132 valence electrons. The third-order valence-corrected chi connectivity index (χ3v) is 4.16. The van der Waals surface area contributed by atoms with Gasteiger partial charge < -0.3 is 14.8 Å². The van der Waals surface area contributed by atoms with Gasteiger partial charge in [-0.3, -0.25) is 19.3 Å². The fourth-order valence-corrected chi connectivity index (χ4v) is 2.56. The van der Waals surface area contributed by atoms with Gasteiger partial charge in [0.1, 0.15) is 18.7 Å². The molecule has 2 fully saturated rings. The van der Waals surface area contributed by atoms with Gasteiger partial charge in [-0.1, -0.05) is 13.8 Å². The third kappa shape index (κ3) is 3.17. The molecule has 10 nitrogen and oxygen atoms in total. The van der Waals surface area contributed by atoms with Crippen molar-refractivity contribution in [2.45, 2.75) is 32.2 Å². The summed E-state index contributed by atoms with van der Waals surface area (Å²) >= 11 is 0. The summed E-state index contributed by atoms with van der Waals surface area (Å²) in [6, 6.07) is -0.671. The molecule has 24 heavy (non-hydrogen) atoms. The van der Waals surface area contributed by atoms with Crippen molar-refractivity contribution in [2.75, 3.05) is 26.3 Å². The zero-order valence-electron chi connectivity index (χ0n) is 13.5. The topological polar surface area (TPSA) is 122 Å². The maximum atomic E-state index is 12.3. The van der Waals surface area contributed by atoms with Crippen LogP contribution in [0.5, 0.6) is 0 Å². The van der Waals surface area contributed by atoms with Crippen LogP contribution in [-0.2, 0) is 23.9 Å². The normalized spacial score (nSPS) is 19.3. The number of hydrogen-bond acceptors (Lipinski definition) is 7. The average molecular weight is 341 g/mol. The van der Waals surface area contributed by atoms with E-state index in [1.165, 1.54) is 0 Å². The first-order valence-corrected chi connectivity index (χ1v) is 7.61. The van der Waals surface area contributed by atoms with Crippen LogP contribution in [0.2, 0.25) is 0 Å². The lowest BCUT2D eigenvalue weighted by atomic mass is 9.93. The number of rotatable bonds is 6. The number of cyclic esters (lactones) is 1. The Bertz CT molecular complexity index is 585. The van der Waals surface area contributed by atoms with Crippen molar-refractivity contribution in [1.29, 1.82) is 0 Å². The third-order valence-electron chi connectivity index (χ3n) is 4.16. The quantitative estimate of drug-likeness (QED) is 0.516. The average Bonchev–Trinajstić information content (AvgIpc) is 3.09. The van der Waals surface area contributed by atoms with E-state index in [0.29, 0.717) is 12.8 Å². The predicted octanol–water partition coefficient (Wildman–Crippen LogP) is -0.381. The van der Waals surface area contributed by atoms with Crippen LogP contribution in [0.25, 0.3) is 0 Å². The molecule has 2 aliphatic rings. The lowest BCUT2D eigenvalue weighted by Gasteiger charge is -2.22. The van der Waals surface area contributed by atoms with E-state index in [9.17, 15) is 24.0 Å². The summed E-state index contributed by atoms with van der Waals surface area (Å²) in [7, 11) is 0. The lowest BCUT2D eigenvalue weighted by molar-refractivity contribution is -0.152. The molecule has 1 N–H and O–H groups in total. The van der Waals surface area contributed by atoms with E-state index < -0.39 is 48.6 Å². The van der Waals surface area contributed by atoms with Crippen LogP contribution in [-0.4, -0.2) is 71.6 Å². The maximum absolute atomic E-state index is 12.3. The van der Waals surface area contributed by atoms with E-state index in [1.54, 1.807) is 13.8 Å². The van der Waals surface area contributed by atoms with Crippen molar-refractivity contribution in [3.63, 3.8) is 0 Å². The number of carbonyl (C=O) groups is 5. The fraction of sp³-hybridized carbons (Fsp3) is 0.643. The molecule has 0 aromatic heterocycles. The summed E-state index contributed by atoms with van der Waals surface area (Å²) in [4.78, 5) is 60.5. The number of imide groups is 2. The highest BCUT2D eigenvalue weighted by Crippen LogP contribution is 2.24. The lowest BCUT2D eigenvalue weighted by Crippen LogP contribution is -2.46. The maximum Gasteiger partial charge on any atom is 0.416 e. The summed E-state index contributed by atoms with van der Waals surface area (Å²) in [5.74, 6) is -2.13. The molecule has 2 saturated heterocycles. The van der Waals surface area contributed by atoms with Crippen molar-refractivity contribution < 1.29 is 33.4 Å². The van der Waals surface area contributed by atoms with Crippen molar-refractivity contribution in [3.8, 4) is 0 Å². The van der Waals surface area contributed by atoms with E-state index >= 15 is 0 Å². The van der Waals surface area contributed by atoms with Crippen LogP contribution in [0.15, 0.2) is 0 Å². The molecule has 0 aromatic carbocycles. The van der Waals surface area contributed by atoms with Crippen LogP contribution < -0.4 is 5.32 Å². The van der Waals surface area contributed by atoms with E-state index in [4.69, 9.17) is 4.74 Å². The van der Waals surface area contributed by atoms with Crippen molar-refractivity contribution in [1.82, 2.24) is 15.1 Å². The van der Waals surface area contributed by atoms with Gasteiger partial charge in [0.25, 0.3) is 11.8 Å². The Kier molecular flexibility index (Phi) is 5.05. The van der Waals surface area contributed by atoms with Gasteiger partial charge in [0, 0.05) is 0 Å². The summed E-state index contributed by atoms with van der Waals surface area (Å²) in [5.41, 5.74) is -1.01. The first kappa shape index (κ1) is 17.7. The molecule has 2 aliphatic heterocycles. The van der Waals surface area contributed by atoms with Crippen LogP contribution >= 0.6 is 0 Å². The van der Waals surface area contributed by atoms with Crippen molar-refractivity contribution >= 4 is 29.9 Å². The van der Waals surface area contributed by atoms with Gasteiger partial charge in [0.05, 0.1) is 6.54 Å². The van der Waals surface area contributed by atoms with Gasteiger partial charge in [0.2, 0.25) is 0 Å². The van der Waals surface area contributed by atoms with Crippen molar-refractivity contribution in [2.24, 2.45) is 0 Å². The summed E-state index contributed by atoms with van der Waals surface area (Å²) in [6.45, 7) is 2.46. The molecule has 0 atom stereocenters. The fourth-order valence-electron chi connectivity index (χ4n) is 2.56. The van der Waals surface area contributed by atoms with Crippen molar-refractivity contribution in [3.05, 3.63) is 0 Å². The predicted molar refractivity (Wildman–Crippen MR) is 77.6 cm³/mol. The van der Waals surface area contributed by atoms with Crippen LogP contribution in [0.1, 0.15) is 26.7 Å². The molecule has 10 heteroatoms. The Labute approximate surface area is 138 Å². The van der Waals surface area contributed by atoms with Crippen LogP contribution in [0.3, 0.4) is 0 Å². The largest absolute Gasteiger partial charge is 0.454 e. The molecule has 0 unspecified atom stereocenters. The molecule has 0 radical (unpaired) electrons. The molecular formula is C14H19N3O7. The second-order valence-electron chi connectivity index (χ2n) is 5.43. The number of nitrogens with zero attached hydrogens (tertiary/aromatic N) is 2. The molecule has 2 heterocycles. The zero-order chi connectivity index (χ0) is 17.9. The number of esters is 1.